The average Bonchev–Trinajstić information content (AvgIpc) is 2.83. The predicted octanol–water partition coefficient (Wildman–Crippen LogP) is 3.85. The zero-order valence-electron chi connectivity index (χ0n) is 12.7. The Balaban J connectivity index is 2.01. The first-order valence-corrected chi connectivity index (χ1v) is 7.64. The molecule has 130 valence electrons. The molecule has 8 heteroatoms. The van der Waals surface area contributed by atoms with Gasteiger partial charge in [-0.05, 0) is 23.3 Å². The Hall–Kier alpha value is -2.54. The standard InChI is InChI=1S/C17H12ClF3N2O2/c18-13-8-6-11(7-9-13)10-23-14(24)16(17(19,20)21,22-15(23)25)12-4-2-1-3-5-12/h1-9H,10H2,(H,22,25)/t16-/m0/s1. The van der Waals surface area contributed by atoms with Gasteiger partial charge in [0.2, 0.25) is 5.54 Å². The number of rotatable bonds is 3. The minimum Gasteiger partial charge on any atom is -0.312 e. The van der Waals surface area contributed by atoms with Gasteiger partial charge in [-0.3, -0.25) is 9.69 Å². The first kappa shape index (κ1) is 17.3. The van der Waals surface area contributed by atoms with Gasteiger partial charge in [0.15, 0.2) is 0 Å². The van der Waals surface area contributed by atoms with E-state index in [1.165, 1.54) is 30.3 Å². The van der Waals surface area contributed by atoms with Crippen LogP contribution >= 0.6 is 11.6 Å². The maximum atomic E-state index is 13.8. The second-order valence-corrected chi connectivity index (χ2v) is 6.00. The van der Waals surface area contributed by atoms with Crippen LogP contribution in [0.2, 0.25) is 5.02 Å². The molecule has 1 fully saturated rings. The van der Waals surface area contributed by atoms with E-state index < -0.39 is 23.7 Å². The Bertz CT molecular complexity index is 809. The Morgan fingerprint density at radius 1 is 1.00 bits per heavy atom. The van der Waals surface area contributed by atoms with E-state index in [9.17, 15) is 22.8 Å². The van der Waals surface area contributed by atoms with E-state index in [4.69, 9.17) is 11.6 Å². The van der Waals surface area contributed by atoms with E-state index in [1.807, 2.05) is 5.32 Å². The number of nitrogens with zero attached hydrogens (tertiary/aromatic N) is 1. The van der Waals surface area contributed by atoms with Crippen molar-refractivity contribution >= 4 is 23.5 Å². The van der Waals surface area contributed by atoms with Crippen molar-refractivity contribution < 1.29 is 22.8 Å². The summed E-state index contributed by atoms with van der Waals surface area (Å²) in [7, 11) is 0. The molecule has 0 radical (unpaired) electrons. The number of carbonyl (C=O) groups is 2. The summed E-state index contributed by atoms with van der Waals surface area (Å²) < 4.78 is 41.4. The van der Waals surface area contributed by atoms with Crippen molar-refractivity contribution in [2.24, 2.45) is 0 Å². The van der Waals surface area contributed by atoms with Gasteiger partial charge in [0.05, 0.1) is 6.54 Å². The van der Waals surface area contributed by atoms with Crippen molar-refractivity contribution in [3.05, 3.63) is 70.7 Å². The molecule has 0 bridgehead atoms. The molecular weight excluding hydrogens is 357 g/mol. The van der Waals surface area contributed by atoms with Crippen molar-refractivity contribution in [3.63, 3.8) is 0 Å². The molecular formula is C17H12ClF3N2O2. The van der Waals surface area contributed by atoms with Crippen LogP contribution in [0.1, 0.15) is 11.1 Å². The van der Waals surface area contributed by atoms with E-state index in [1.54, 1.807) is 12.1 Å². The van der Waals surface area contributed by atoms with Crippen molar-refractivity contribution in [1.29, 1.82) is 0 Å². The second kappa shape index (κ2) is 6.07. The summed E-state index contributed by atoms with van der Waals surface area (Å²) in [5, 5.41) is 2.28. The summed E-state index contributed by atoms with van der Waals surface area (Å²) in [5.74, 6) is -1.36. The average molecular weight is 369 g/mol. The summed E-state index contributed by atoms with van der Waals surface area (Å²) in [4.78, 5) is 25.4. The maximum Gasteiger partial charge on any atom is 0.425 e. The highest BCUT2D eigenvalue weighted by Crippen LogP contribution is 2.43. The second-order valence-electron chi connectivity index (χ2n) is 5.56. The molecule has 0 spiro atoms. The summed E-state index contributed by atoms with van der Waals surface area (Å²) in [6.45, 7) is -0.285. The molecule has 1 saturated heterocycles. The molecule has 4 nitrogen and oxygen atoms in total. The summed E-state index contributed by atoms with van der Waals surface area (Å²) in [6.07, 6.45) is -4.99. The molecule has 1 aliphatic heterocycles. The molecule has 1 aliphatic rings. The lowest BCUT2D eigenvalue weighted by Gasteiger charge is -2.29. The Morgan fingerprint density at radius 2 is 1.60 bits per heavy atom. The summed E-state index contributed by atoms with van der Waals surface area (Å²) in [6, 6.07) is 11.7. The normalized spacial score (nSPS) is 20.7. The van der Waals surface area contributed by atoms with Gasteiger partial charge >= 0.3 is 12.2 Å². The zero-order valence-corrected chi connectivity index (χ0v) is 13.4. The Kier molecular flexibility index (Phi) is 4.20. The number of imide groups is 1. The van der Waals surface area contributed by atoms with Crippen LogP contribution in [-0.4, -0.2) is 23.0 Å². The van der Waals surface area contributed by atoms with Gasteiger partial charge in [0, 0.05) is 5.02 Å². The fourth-order valence-electron chi connectivity index (χ4n) is 2.73. The predicted molar refractivity (Wildman–Crippen MR) is 84.7 cm³/mol. The van der Waals surface area contributed by atoms with E-state index >= 15 is 0 Å². The van der Waals surface area contributed by atoms with Gasteiger partial charge in [-0.15, -0.1) is 0 Å². The molecule has 3 amide bonds. The van der Waals surface area contributed by atoms with Gasteiger partial charge in [0.1, 0.15) is 0 Å². The van der Waals surface area contributed by atoms with Crippen molar-refractivity contribution in [2.45, 2.75) is 18.3 Å². The van der Waals surface area contributed by atoms with E-state index in [0.29, 0.717) is 15.5 Å². The van der Waals surface area contributed by atoms with E-state index in [-0.39, 0.29) is 12.1 Å². The molecule has 2 aromatic rings. The van der Waals surface area contributed by atoms with Crippen LogP contribution in [-0.2, 0) is 16.9 Å². The SMILES string of the molecule is O=C1N[C@](c2ccccc2)(C(F)(F)F)C(=O)N1Cc1ccc(Cl)cc1. The molecule has 1 atom stereocenters. The van der Waals surface area contributed by atoms with Crippen LogP contribution in [0.4, 0.5) is 18.0 Å². The number of carbonyl (C=O) groups excluding carboxylic acids is 2. The molecule has 1 heterocycles. The van der Waals surface area contributed by atoms with Gasteiger partial charge in [-0.25, -0.2) is 4.79 Å². The van der Waals surface area contributed by atoms with Crippen molar-refractivity contribution in [2.75, 3.05) is 0 Å². The summed E-state index contributed by atoms with van der Waals surface area (Å²) >= 11 is 5.76. The van der Waals surface area contributed by atoms with Crippen LogP contribution in [0.5, 0.6) is 0 Å². The smallest absolute Gasteiger partial charge is 0.312 e. The third-order valence-corrected chi connectivity index (χ3v) is 4.24. The minimum absolute atomic E-state index is 0.285. The van der Waals surface area contributed by atoms with E-state index in [0.717, 1.165) is 12.1 Å². The van der Waals surface area contributed by atoms with E-state index in [2.05, 4.69) is 0 Å². The number of alkyl halides is 3. The summed E-state index contributed by atoms with van der Waals surface area (Å²) in [5.41, 5.74) is -2.93. The number of hydrogen-bond donors (Lipinski definition) is 1. The van der Waals surface area contributed by atoms with Gasteiger partial charge in [-0.2, -0.15) is 13.2 Å². The number of urea groups is 1. The lowest BCUT2D eigenvalue weighted by Crippen LogP contribution is -2.55. The minimum atomic E-state index is -4.99. The quantitative estimate of drug-likeness (QED) is 0.837. The highest BCUT2D eigenvalue weighted by Gasteiger charge is 2.68. The molecule has 0 saturated carbocycles. The van der Waals surface area contributed by atoms with Gasteiger partial charge < -0.3 is 5.32 Å². The van der Waals surface area contributed by atoms with Crippen molar-refractivity contribution in [3.8, 4) is 0 Å². The molecule has 0 aromatic heterocycles. The monoisotopic (exact) mass is 368 g/mol. The first-order chi connectivity index (χ1) is 11.8. The highest BCUT2D eigenvalue weighted by molar-refractivity contribution is 6.30. The largest absolute Gasteiger partial charge is 0.425 e. The van der Waals surface area contributed by atoms with Crippen LogP contribution in [0.3, 0.4) is 0 Å². The highest BCUT2D eigenvalue weighted by atomic mass is 35.5. The van der Waals surface area contributed by atoms with Crippen LogP contribution < -0.4 is 5.32 Å². The third-order valence-electron chi connectivity index (χ3n) is 3.99. The number of nitrogens with one attached hydrogen (secondary N) is 1. The molecule has 0 unspecified atom stereocenters. The number of amides is 3. The van der Waals surface area contributed by atoms with Crippen molar-refractivity contribution in [1.82, 2.24) is 10.2 Å². The fourth-order valence-corrected chi connectivity index (χ4v) is 2.86. The molecule has 25 heavy (non-hydrogen) atoms. The van der Waals surface area contributed by atoms with Gasteiger partial charge in [0.25, 0.3) is 5.91 Å². The van der Waals surface area contributed by atoms with Crippen LogP contribution in [0.15, 0.2) is 54.6 Å². The maximum absolute atomic E-state index is 13.8. The molecule has 3 rings (SSSR count). The third kappa shape index (κ3) is 2.84. The molecule has 1 N–H and O–H groups in total. The lowest BCUT2D eigenvalue weighted by atomic mass is 9.89. The number of hydrogen-bond acceptors (Lipinski definition) is 2. The lowest BCUT2D eigenvalue weighted by molar-refractivity contribution is -0.198. The fraction of sp³-hybridized carbons (Fsp3) is 0.176. The molecule has 0 aliphatic carbocycles. The number of halogens is 4. The topological polar surface area (TPSA) is 49.4 Å². The first-order valence-electron chi connectivity index (χ1n) is 7.26. The van der Waals surface area contributed by atoms with Gasteiger partial charge in [-0.1, -0.05) is 54.1 Å². The number of benzene rings is 2. The zero-order chi connectivity index (χ0) is 18.2. The molecule has 2 aromatic carbocycles. The Morgan fingerprint density at radius 3 is 2.16 bits per heavy atom. The van der Waals surface area contributed by atoms with Crippen LogP contribution in [0.25, 0.3) is 0 Å². The van der Waals surface area contributed by atoms with Crippen LogP contribution in [0, 0.1) is 0 Å². The Labute approximate surface area is 146 Å².